The van der Waals surface area contributed by atoms with E-state index in [9.17, 15) is 9.90 Å². The lowest BCUT2D eigenvalue weighted by molar-refractivity contribution is -0.749. The molecule has 1 aliphatic rings. The Bertz CT molecular complexity index is 1150. The van der Waals surface area contributed by atoms with Crippen molar-refractivity contribution in [2.45, 2.75) is 43.3 Å². The van der Waals surface area contributed by atoms with Crippen molar-refractivity contribution in [2.75, 3.05) is 5.75 Å². The van der Waals surface area contributed by atoms with Crippen LogP contribution in [0.25, 0.3) is 11.4 Å². The lowest BCUT2D eigenvalue weighted by Crippen LogP contribution is -2.43. The van der Waals surface area contributed by atoms with E-state index in [1.807, 2.05) is 24.3 Å². The van der Waals surface area contributed by atoms with Crippen molar-refractivity contribution in [3.05, 3.63) is 57.5 Å². The number of benzene rings is 2. The minimum absolute atomic E-state index is 0.0883. The molecule has 1 amide bonds. The topological polar surface area (TPSA) is 94.3 Å². The Hall–Kier alpha value is -2.36. The Kier molecular flexibility index (Phi) is 8.06. The first kappa shape index (κ1) is 23.8. The molecule has 1 fully saturated rings. The number of H-pyrrole nitrogens is 1. The summed E-state index contributed by atoms with van der Waals surface area (Å²) in [6.07, 6.45) is 7.21. The molecule has 4 rings (SSSR count). The molecule has 7 nitrogen and oxygen atoms in total. The maximum absolute atomic E-state index is 12.4. The summed E-state index contributed by atoms with van der Waals surface area (Å²) < 4.78 is 3.04. The molecule has 1 aromatic heterocycles. The number of halogens is 2. The molecule has 0 spiro atoms. The van der Waals surface area contributed by atoms with Crippen LogP contribution in [-0.4, -0.2) is 33.2 Å². The Labute approximate surface area is 209 Å². The molecule has 172 valence electrons. The number of phenolic OH excluding ortho intramolecular Hbond substituents is 1. The van der Waals surface area contributed by atoms with Crippen LogP contribution >= 0.6 is 39.3 Å². The number of carbonyl (C=O) groups excluding carboxylic acids is 1. The molecule has 0 radical (unpaired) electrons. The van der Waals surface area contributed by atoms with Crippen molar-refractivity contribution >= 4 is 51.4 Å². The molecule has 33 heavy (non-hydrogen) atoms. The van der Waals surface area contributed by atoms with Crippen molar-refractivity contribution in [3.63, 3.8) is 0 Å². The summed E-state index contributed by atoms with van der Waals surface area (Å²) in [6, 6.07) is 13.0. The molecule has 0 saturated heterocycles. The van der Waals surface area contributed by atoms with Crippen LogP contribution in [0.1, 0.15) is 43.7 Å². The number of thioether (sulfide) groups is 1. The van der Waals surface area contributed by atoms with Gasteiger partial charge < -0.3 is 5.11 Å². The van der Waals surface area contributed by atoms with Crippen LogP contribution in [0, 0.1) is 0 Å². The van der Waals surface area contributed by atoms with Crippen molar-refractivity contribution < 1.29 is 14.5 Å². The molecule has 0 unspecified atom stereocenters. The van der Waals surface area contributed by atoms with Crippen LogP contribution in [-0.2, 0) is 4.79 Å². The summed E-state index contributed by atoms with van der Waals surface area (Å²) in [7, 11) is 0. The number of hydrogen-bond acceptors (Lipinski definition) is 5. The van der Waals surface area contributed by atoms with Crippen LogP contribution in [0.5, 0.6) is 5.75 Å². The Morgan fingerprint density at radius 2 is 2.03 bits per heavy atom. The van der Waals surface area contributed by atoms with E-state index >= 15 is 0 Å². The SMILES string of the molecule is O=C(CSc1n[nH]c(-c2ccc(Cl)cc2)[n+]1C1CCCCC1)N/N=C/c1cc(Br)ccc1O. The quantitative estimate of drug-likeness (QED) is 0.163. The first-order valence-electron chi connectivity index (χ1n) is 10.7. The average Bonchev–Trinajstić information content (AvgIpc) is 3.25. The minimum atomic E-state index is -0.253. The number of carbonyl (C=O) groups is 1. The fourth-order valence-electron chi connectivity index (χ4n) is 3.86. The molecule has 10 heteroatoms. The van der Waals surface area contributed by atoms with Gasteiger partial charge in [0.25, 0.3) is 11.7 Å². The van der Waals surface area contributed by atoms with Gasteiger partial charge >= 0.3 is 5.16 Å². The van der Waals surface area contributed by atoms with Gasteiger partial charge in [-0.05, 0) is 79.9 Å². The number of aromatic amines is 1. The molecule has 3 N–H and O–H groups in total. The molecule has 3 aromatic rings. The van der Waals surface area contributed by atoms with Gasteiger partial charge in [-0.2, -0.15) is 5.10 Å². The van der Waals surface area contributed by atoms with Crippen LogP contribution in [0.4, 0.5) is 0 Å². The maximum atomic E-state index is 12.4. The molecule has 1 aliphatic carbocycles. The van der Waals surface area contributed by atoms with Gasteiger partial charge in [-0.15, -0.1) is 5.10 Å². The largest absolute Gasteiger partial charge is 0.507 e. The lowest BCUT2D eigenvalue weighted by Gasteiger charge is -2.21. The van der Waals surface area contributed by atoms with Gasteiger partial charge in [-0.3, -0.25) is 4.79 Å². The number of nitrogens with zero attached hydrogens (tertiary/aromatic N) is 3. The first-order valence-corrected chi connectivity index (χ1v) is 12.9. The summed E-state index contributed by atoms with van der Waals surface area (Å²) in [5.41, 5.74) is 4.03. The van der Waals surface area contributed by atoms with Crippen molar-refractivity contribution in [2.24, 2.45) is 5.10 Å². The van der Waals surface area contributed by atoms with E-state index in [-0.39, 0.29) is 17.4 Å². The predicted octanol–water partition coefficient (Wildman–Crippen LogP) is 5.23. The molecule has 1 saturated carbocycles. The molecule has 0 aliphatic heterocycles. The lowest BCUT2D eigenvalue weighted by atomic mass is 9.95. The number of hydrogen-bond donors (Lipinski definition) is 3. The molecule has 1 heterocycles. The second-order valence-corrected chi connectivity index (χ2v) is 10.1. The third-order valence-electron chi connectivity index (χ3n) is 5.48. The van der Waals surface area contributed by atoms with Crippen LogP contribution < -0.4 is 9.99 Å². The monoisotopic (exact) mass is 548 g/mol. The number of rotatable bonds is 7. The highest BCUT2D eigenvalue weighted by molar-refractivity contribution is 9.10. The van der Waals surface area contributed by atoms with E-state index in [1.165, 1.54) is 37.2 Å². The highest BCUT2D eigenvalue weighted by atomic mass is 79.9. The van der Waals surface area contributed by atoms with Gasteiger partial charge in [0.1, 0.15) is 5.75 Å². The standard InChI is InChI=1S/C23H23BrClN5O2S/c24-17-8-11-20(31)16(12-17)13-26-27-21(32)14-33-23-29-28-22(15-6-9-18(25)10-7-15)30(23)19-4-2-1-3-5-19/h6-13,19H,1-5,14H2,(H2,26,27,31,32)/p+1. The summed E-state index contributed by atoms with van der Waals surface area (Å²) in [5.74, 6) is 0.923. The molecular weight excluding hydrogens is 526 g/mol. The van der Waals surface area contributed by atoms with E-state index in [2.05, 4.69) is 41.2 Å². The zero-order valence-electron chi connectivity index (χ0n) is 17.8. The third-order valence-corrected chi connectivity index (χ3v) is 7.17. The second-order valence-electron chi connectivity index (χ2n) is 7.81. The number of nitrogens with one attached hydrogen (secondary N) is 2. The Morgan fingerprint density at radius 3 is 2.79 bits per heavy atom. The Balaban J connectivity index is 1.46. The smallest absolute Gasteiger partial charge is 0.337 e. The number of hydrazone groups is 1. The first-order chi connectivity index (χ1) is 16.0. The second kappa shape index (κ2) is 11.2. The number of amides is 1. The highest BCUT2D eigenvalue weighted by Gasteiger charge is 2.30. The summed E-state index contributed by atoms with van der Waals surface area (Å²) in [5, 5.41) is 23.0. The van der Waals surface area contributed by atoms with E-state index in [0.717, 1.165) is 33.9 Å². The third kappa shape index (κ3) is 6.16. The van der Waals surface area contributed by atoms with Gasteiger partial charge in [0.2, 0.25) is 0 Å². The van der Waals surface area contributed by atoms with E-state index in [1.54, 1.807) is 18.2 Å². The normalized spacial score (nSPS) is 14.6. The zero-order valence-corrected chi connectivity index (χ0v) is 21.0. The summed E-state index contributed by atoms with van der Waals surface area (Å²) in [4.78, 5) is 12.4. The molecular formula is C23H24BrClN5O2S+. The van der Waals surface area contributed by atoms with Crippen molar-refractivity contribution in [1.82, 2.24) is 15.6 Å². The highest BCUT2D eigenvalue weighted by Crippen LogP contribution is 2.29. The van der Waals surface area contributed by atoms with Gasteiger partial charge in [0.15, 0.2) is 0 Å². The maximum Gasteiger partial charge on any atom is 0.337 e. The Morgan fingerprint density at radius 1 is 1.27 bits per heavy atom. The van der Waals surface area contributed by atoms with Crippen LogP contribution in [0.3, 0.4) is 0 Å². The zero-order chi connectivity index (χ0) is 23.2. The predicted molar refractivity (Wildman–Crippen MR) is 134 cm³/mol. The van der Waals surface area contributed by atoms with Crippen LogP contribution in [0.2, 0.25) is 5.02 Å². The van der Waals surface area contributed by atoms with Crippen molar-refractivity contribution in [3.8, 4) is 17.1 Å². The van der Waals surface area contributed by atoms with Gasteiger partial charge in [0, 0.05) is 15.1 Å². The van der Waals surface area contributed by atoms with Crippen molar-refractivity contribution in [1.29, 1.82) is 0 Å². The fourth-order valence-corrected chi connectivity index (χ4v) is 5.18. The molecule has 0 bridgehead atoms. The number of aromatic nitrogens is 3. The molecule has 2 aromatic carbocycles. The summed E-state index contributed by atoms with van der Waals surface area (Å²) >= 11 is 10.8. The summed E-state index contributed by atoms with van der Waals surface area (Å²) in [6.45, 7) is 0. The van der Waals surface area contributed by atoms with Gasteiger partial charge in [0.05, 0.1) is 28.7 Å². The van der Waals surface area contributed by atoms with Gasteiger partial charge in [-0.25, -0.2) is 9.99 Å². The van der Waals surface area contributed by atoms with Gasteiger partial charge in [-0.1, -0.05) is 34.0 Å². The molecule has 0 atom stereocenters. The van der Waals surface area contributed by atoms with E-state index < -0.39 is 0 Å². The number of phenols is 1. The number of aromatic hydroxyl groups is 1. The minimum Gasteiger partial charge on any atom is -0.507 e. The van der Waals surface area contributed by atoms with E-state index in [0.29, 0.717) is 16.6 Å². The fraction of sp³-hybridized carbons (Fsp3) is 0.304. The van der Waals surface area contributed by atoms with E-state index in [4.69, 9.17) is 11.6 Å². The van der Waals surface area contributed by atoms with Crippen LogP contribution in [0.15, 0.2) is 57.2 Å². The average molecular weight is 550 g/mol.